The molecule has 6 heteroatoms. The normalized spacial score (nSPS) is 18.3. The van der Waals surface area contributed by atoms with Gasteiger partial charge in [0.25, 0.3) is 5.91 Å². The Bertz CT molecular complexity index is 663. The molecule has 1 amide bonds. The summed E-state index contributed by atoms with van der Waals surface area (Å²) in [6.07, 6.45) is -0.525. The van der Waals surface area contributed by atoms with E-state index in [2.05, 4.69) is 10.6 Å². The van der Waals surface area contributed by atoms with E-state index in [1.165, 1.54) is 12.1 Å². The van der Waals surface area contributed by atoms with Gasteiger partial charge in [0.1, 0.15) is 11.9 Å². The smallest absolute Gasteiger partial charge is 0.251 e. The van der Waals surface area contributed by atoms with E-state index in [0.717, 1.165) is 12.1 Å². The summed E-state index contributed by atoms with van der Waals surface area (Å²) in [5.41, 5.74) is 1.60. The molecular formula is C18H20ClFN2O2. The number of ether oxygens (including phenoxy) is 1. The van der Waals surface area contributed by atoms with E-state index >= 15 is 0 Å². The SMILES string of the molecule is Cl.O=C(NC(c1ccccc1)c1cccc(F)c1)C1CNCCO1. The Morgan fingerprint density at radius 3 is 2.58 bits per heavy atom. The summed E-state index contributed by atoms with van der Waals surface area (Å²) in [6.45, 7) is 1.74. The van der Waals surface area contributed by atoms with Crippen LogP contribution in [-0.4, -0.2) is 31.7 Å². The molecule has 1 fully saturated rings. The van der Waals surface area contributed by atoms with Crippen LogP contribution in [0.5, 0.6) is 0 Å². The van der Waals surface area contributed by atoms with Crippen molar-refractivity contribution in [2.24, 2.45) is 0 Å². The maximum Gasteiger partial charge on any atom is 0.251 e. The number of nitrogens with one attached hydrogen (secondary N) is 2. The van der Waals surface area contributed by atoms with E-state index < -0.39 is 12.1 Å². The van der Waals surface area contributed by atoms with Gasteiger partial charge in [-0.2, -0.15) is 0 Å². The first kappa shape index (κ1) is 18.4. The van der Waals surface area contributed by atoms with E-state index in [1.807, 2.05) is 30.3 Å². The van der Waals surface area contributed by atoms with Crippen LogP contribution in [0.4, 0.5) is 4.39 Å². The summed E-state index contributed by atoms with van der Waals surface area (Å²) in [4.78, 5) is 12.5. The molecule has 2 unspecified atom stereocenters. The first-order valence-electron chi connectivity index (χ1n) is 7.67. The number of hydrogen-bond donors (Lipinski definition) is 2. The lowest BCUT2D eigenvalue weighted by atomic mass is 9.98. The molecule has 1 saturated heterocycles. The molecule has 2 aromatic rings. The van der Waals surface area contributed by atoms with Crippen molar-refractivity contribution in [1.82, 2.24) is 10.6 Å². The summed E-state index contributed by atoms with van der Waals surface area (Å²) in [5.74, 6) is -0.524. The number of carbonyl (C=O) groups excluding carboxylic acids is 1. The molecule has 0 bridgehead atoms. The van der Waals surface area contributed by atoms with Gasteiger partial charge in [-0.05, 0) is 23.3 Å². The van der Waals surface area contributed by atoms with Gasteiger partial charge < -0.3 is 15.4 Å². The topological polar surface area (TPSA) is 50.4 Å². The molecule has 2 aromatic carbocycles. The Hall–Kier alpha value is -1.95. The van der Waals surface area contributed by atoms with E-state index in [0.29, 0.717) is 18.7 Å². The highest BCUT2D eigenvalue weighted by Gasteiger charge is 2.25. The molecule has 2 atom stereocenters. The zero-order valence-electron chi connectivity index (χ0n) is 13.1. The second-order valence-corrected chi connectivity index (χ2v) is 5.47. The Morgan fingerprint density at radius 2 is 1.92 bits per heavy atom. The van der Waals surface area contributed by atoms with Crippen LogP contribution in [0.1, 0.15) is 17.2 Å². The van der Waals surface area contributed by atoms with Crippen molar-refractivity contribution >= 4 is 18.3 Å². The van der Waals surface area contributed by atoms with Crippen molar-refractivity contribution in [3.05, 3.63) is 71.5 Å². The van der Waals surface area contributed by atoms with Crippen LogP contribution in [0.3, 0.4) is 0 Å². The van der Waals surface area contributed by atoms with Crippen molar-refractivity contribution in [3.63, 3.8) is 0 Å². The third-order valence-electron chi connectivity index (χ3n) is 3.82. The lowest BCUT2D eigenvalue weighted by Gasteiger charge is -2.26. The van der Waals surface area contributed by atoms with E-state index in [-0.39, 0.29) is 24.1 Å². The highest BCUT2D eigenvalue weighted by atomic mass is 35.5. The van der Waals surface area contributed by atoms with Crippen molar-refractivity contribution in [3.8, 4) is 0 Å². The van der Waals surface area contributed by atoms with Gasteiger partial charge in [0.2, 0.25) is 0 Å². The van der Waals surface area contributed by atoms with E-state index in [1.54, 1.807) is 12.1 Å². The van der Waals surface area contributed by atoms with Crippen LogP contribution in [0.25, 0.3) is 0 Å². The van der Waals surface area contributed by atoms with Crippen molar-refractivity contribution < 1.29 is 13.9 Å². The number of hydrogen-bond acceptors (Lipinski definition) is 3. The largest absolute Gasteiger partial charge is 0.366 e. The number of halogens is 2. The highest BCUT2D eigenvalue weighted by Crippen LogP contribution is 2.23. The second-order valence-electron chi connectivity index (χ2n) is 5.47. The number of rotatable bonds is 4. The van der Waals surface area contributed by atoms with Crippen molar-refractivity contribution in [2.75, 3.05) is 19.7 Å². The molecule has 0 aromatic heterocycles. The van der Waals surface area contributed by atoms with E-state index in [4.69, 9.17) is 4.74 Å². The second kappa shape index (κ2) is 8.78. The lowest BCUT2D eigenvalue weighted by Crippen LogP contribution is -2.48. The number of carbonyl (C=O) groups is 1. The van der Waals surface area contributed by atoms with Gasteiger partial charge >= 0.3 is 0 Å². The first-order chi connectivity index (χ1) is 11.2. The zero-order valence-corrected chi connectivity index (χ0v) is 13.9. The molecule has 1 heterocycles. The van der Waals surface area contributed by atoms with Gasteiger partial charge in [-0.3, -0.25) is 4.79 Å². The molecule has 1 aliphatic rings. The van der Waals surface area contributed by atoms with Gasteiger partial charge in [-0.25, -0.2) is 4.39 Å². The molecule has 128 valence electrons. The maximum absolute atomic E-state index is 13.6. The molecule has 4 nitrogen and oxygen atoms in total. The fourth-order valence-electron chi connectivity index (χ4n) is 2.66. The fraction of sp³-hybridized carbons (Fsp3) is 0.278. The van der Waals surface area contributed by atoms with Crippen LogP contribution in [-0.2, 0) is 9.53 Å². The molecule has 2 N–H and O–H groups in total. The third-order valence-corrected chi connectivity index (χ3v) is 3.82. The zero-order chi connectivity index (χ0) is 16.1. The predicted molar refractivity (Wildman–Crippen MR) is 92.7 cm³/mol. The average molecular weight is 351 g/mol. The van der Waals surface area contributed by atoms with Gasteiger partial charge in [0, 0.05) is 13.1 Å². The number of amides is 1. The molecule has 0 radical (unpaired) electrons. The Labute approximate surface area is 146 Å². The third kappa shape index (κ3) is 4.54. The fourth-order valence-corrected chi connectivity index (χ4v) is 2.66. The van der Waals surface area contributed by atoms with Gasteiger partial charge in [-0.1, -0.05) is 42.5 Å². The minimum Gasteiger partial charge on any atom is -0.366 e. The monoisotopic (exact) mass is 350 g/mol. The number of morpholine rings is 1. The molecule has 1 aliphatic heterocycles. The van der Waals surface area contributed by atoms with Crippen molar-refractivity contribution in [2.45, 2.75) is 12.1 Å². The van der Waals surface area contributed by atoms with Gasteiger partial charge in [0.05, 0.1) is 12.6 Å². The molecule has 0 spiro atoms. The number of benzene rings is 2. The summed E-state index contributed by atoms with van der Waals surface area (Å²) >= 11 is 0. The molecular weight excluding hydrogens is 331 g/mol. The first-order valence-corrected chi connectivity index (χ1v) is 7.67. The highest BCUT2D eigenvalue weighted by molar-refractivity contribution is 5.85. The quantitative estimate of drug-likeness (QED) is 0.890. The predicted octanol–water partition coefficient (Wildman–Crippen LogP) is 2.44. The van der Waals surface area contributed by atoms with E-state index in [9.17, 15) is 9.18 Å². The van der Waals surface area contributed by atoms with Gasteiger partial charge in [0.15, 0.2) is 0 Å². The van der Waals surface area contributed by atoms with Crippen molar-refractivity contribution in [1.29, 1.82) is 0 Å². The summed E-state index contributed by atoms with van der Waals surface area (Å²) in [5, 5.41) is 6.11. The van der Waals surface area contributed by atoms with Crippen LogP contribution in [0.15, 0.2) is 54.6 Å². The van der Waals surface area contributed by atoms with Crippen LogP contribution in [0.2, 0.25) is 0 Å². The average Bonchev–Trinajstić information content (AvgIpc) is 2.61. The summed E-state index contributed by atoms with van der Waals surface area (Å²) in [7, 11) is 0. The molecule has 24 heavy (non-hydrogen) atoms. The standard InChI is InChI=1S/C18H19FN2O2.ClH/c19-15-8-4-7-14(11-15)17(13-5-2-1-3-6-13)21-18(22)16-12-20-9-10-23-16;/h1-8,11,16-17,20H,9-10,12H2,(H,21,22);1H. The van der Waals surface area contributed by atoms with Crippen LogP contribution in [0, 0.1) is 5.82 Å². The lowest BCUT2D eigenvalue weighted by molar-refractivity contribution is -0.134. The summed E-state index contributed by atoms with van der Waals surface area (Å²) in [6, 6.07) is 15.4. The Balaban J connectivity index is 0.00000208. The Morgan fingerprint density at radius 1 is 1.17 bits per heavy atom. The minimum absolute atomic E-state index is 0. The molecule has 0 aliphatic carbocycles. The molecule has 3 rings (SSSR count). The maximum atomic E-state index is 13.6. The molecule has 0 saturated carbocycles. The van der Waals surface area contributed by atoms with Crippen LogP contribution >= 0.6 is 12.4 Å². The van der Waals surface area contributed by atoms with Crippen LogP contribution < -0.4 is 10.6 Å². The minimum atomic E-state index is -0.525. The Kier molecular flexibility index (Phi) is 6.73. The summed E-state index contributed by atoms with van der Waals surface area (Å²) < 4.78 is 19.1. The van der Waals surface area contributed by atoms with Gasteiger partial charge in [-0.15, -0.1) is 12.4 Å².